The molecule has 1 unspecified atom stereocenters. The van der Waals surface area contributed by atoms with E-state index in [-0.39, 0.29) is 11.4 Å². The van der Waals surface area contributed by atoms with Crippen LogP contribution in [0.15, 0.2) is 24.3 Å². The lowest BCUT2D eigenvalue weighted by molar-refractivity contribution is -0.158. The van der Waals surface area contributed by atoms with Crippen molar-refractivity contribution in [3.8, 4) is 0 Å². The van der Waals surface area contributed by atoms with Gasteiger partial charge < -0.3 is 5.32 Å². The Morgan fingerprint density at radius 2 is 1.93 bits per heavy atom. The molecule has 2 aromatic rings. The number of benzene rings is 1. The summed E-state index contributed by atoms with van der Waals surface area (Å²) in [6.07, 6.45) is -5.69. The first kappa shape index (κ1) is 19.8. The van der Waals surface area contributed by atoms with Gasteiger partial charge in [0.2, 0.25) is 11.8 Å². The van der Waals surface area contributed by atoms with Crippen molar-refractivity contribution in [1.29, 1.82) is 0 Å². The van der Waals surface area contributed by atoms with Gasteiger partial charge in [-0.05, 0) is 22.6 Å². The van der Waals surface area contributed by atoms with E-state index in [9.17, 15) is 22.8 Å². The minimum Gasteiger partial charge on any atom is -0.324 e. The third-order valence-electron chi connectivity index (χ3n) is 4.26. The first-order chi connectivity index (χ1) is 13.0. The molecule has 0 saturated carbocycles. The number of carbonyl (C=O) groups excluding carboxylic acids is 2. The average molecular weight is 396 g/mol. The zero-order chi connectivity index (χ0) is 20.7. The van der Waals surface area contributed by atoms with Crippen molar-refractivity contribution in [3.63, 3.8) is 0 Å². The van der Waals surface area contributed by atoms with E-state index >= 15 is 0 Å². The van der Waals surface area contributed by atoms with Crippen molar-refractivity contribution in [2.45, 2.75) is 51.4 Å². The summed E-state index contributed by atoms with van der Waals surface area (Å²) in [6.45, 7) is 4.97. The molecular formula is C17H19F3N6O2. The van der Waals surface area contributed by atoms with Gasteiger partial charge in [-0.2, -0.15) is 13.2 Å². The van der Waals surface area contributed by atoms with Gasteiger partial charge >= 0.3 is 6.18 Å². The van der Waals surface area contributed by atoms with E-state index in [0.29, 0.717) is 10.7 Å². The molecule has 2 amide bonds. The third-order valence-corrected chi connectivity index (χ3v) is 4.26. The zero-order valence-corrected chi connectivity index (χ0v) is 15.5. The summed E-state index contributed by atoms with van der Waals surface area (Å²) in [7, 11) is 0. The Bertz CT molecular complexity index is 903. The highest BCUT2D eigenvalue weighted by Crippen LogP contribution is 2.37. The lowest BCUT2D eigenvalue weighted by Gasteiger charge is -2.31. The summed E-state index contributed by atoms with van der Waals surface area (Å²) in [5.74, 6) is -1.33. The Morgan fingerprint density at radius 3 is 2.57 bits per heavy atom. The monoisotopic (exact) mass is 396 g/mol. The van der Waals surface area contributed by atoms with Crippen LogP contribution >= 0.6 is 0 Å². The number of aromatic nitrogens is 4. The van der Waals surface area contributed by atoms with Crippen molar-refractivity contribution in [2.75, 3.05) is 10.2 Å². The number of rotatable bonds is 2. The van der Waals surface area contributed by atoms with Crippen molar-refractivity contribution in [3.05, 3.63) is 30.1 Å². The Hall–Kier alpha value is -2.98. The molecule has 0 saturated heterocycles. The molecule has 28 heavy (non-hydrogen) atoms. The summed E-state index contributed by atoms with van der Waals surface area (Å²) in [5.41, 5.74) is -0.395. The van der Waals surface area contributed by atoms with E-state index in [0.717, 1.165) is 0 Å². The van der Waals surface area contributed by atoms with Crippen LogP contribution in [0.1, 0.15) is 33.0 Å². The minimum absolute atomic E-state index is 0.0222. The molecule has 1 aromatic carbocycles. The normalized spacial score (nSPS) is 17.7. The first-order valence-corrected chi connectivity index (χ1v) is 8.53. The van der Waals surface area contributed by atoms with Crippen molar-refractivity contribution in [2.24, 2.45) is 0 Å². The maximum absolute atomic E-state index is 13.7. The largest absolute Gasteiger partial charge is 0.409 e. The molecule has 150 valence electrons. The number of alkyl halides is 3. The van der Waals surface area contributed by atoms with E-state index in [4.69, 9.17) is 0 Å². The fraction of sp³-hybridized carbons (Fsp3) is 0.471. The summed E-state index contributed by atoms with van der Waals surface area (Å²) >= 11 is 0. The van der Waals surface area contributed by atoms with Crippen LogP contribution in [0.2, 0.25) is 0 Å². The standard InChI is InChI=1S/C17H19F3N6O2/c1-16(2,3)15-22-23-24-25(15)9-14(28)26-11-7-5-4-6-10(11)21-13(27)8-12(26)17(18,19)20/h4-7,12H,8-9H2,1-3H3,(H,21,27). The summed E-state index contributed by atoms with van der Waals surface area (Å²) in [4.78, 5) is 25.6. The highest BCUT2D eigenvalue weighted by Gasteiger charge is 2.49. The van der Waals surface area contributed by atoms with Gasteiger partial charge in [0.15, 0.2) is 5.82 Å². The molecule has 8 nitrogen and oxygen atoms in total. The molecule has 0 radical (unpaired) electrons. The fourth-order valence-corrected chi connectivity index (χ4v) is 3.05. The summed E-state index contributed by atoms with van der Waals surface area (Å²) in [6, 6.07) is 3.58. The van der Waals surface area contributed by atoms with Crippen LogP contribution < -0.4 is 10.2 Å². The summed E-state index contributed by atoms with van der Waals surface area (Å²) in [5, 5.41) is 13.6. The third kappa shape index (κ3) is 3.82. The highest BCUT2D eigenvalue weighted by atomic mass is 19.4. The predicted octanol–water partition coefficient (Wildman–Crippen LogP) is 2.28. The van der Waals surface area contributed by atoms with Gasteiger partial charge in [0.25, 0.3) is 0 Å². The van der Waals surface area contributed by atoms with Crippen LogP contribution in [0.5, 0.6) is 0 Å². The molecule has 1 aromatic heterocycles. The number of amides is 2. The molecule has 0 bridgehead atoms. The molecule has 1 atom stereocenters. The minimum atomic E-state index is -4.79. The van der Waals surface area contributed by atoms with Gasteiger partial charge in [-0.25, -0.2) is 4.68 Å². The van der Waals surface area contributed by atoms with Crippen molar-refractivity contribution >= 4 is 23.2 Å². The van der Waals surface area contributed by atoms with Crippen LogP contribution in [-0.4, -0.2) is 44.2 Å². The second kappa shape index (κ2) is 6.88. The number of carbonyl (C=O) groups is 2. The Kier molecular flexibility index (Phi) is 4.86. The van der Waals surface area contributed by atoms with Gasteiger partial charge in [0, 0.05) is 5.41 Å². The number of hydrogen-bond donors (Lipinski definition) is 1. The second-order valence-corrected chi connectivity index (χ2v) is 7.50. The number of anilines is 2. The Labute approximate surface area is 158 Å². The maximum atomic E-state index is 13.7. The topological polar surface area (TPSA) is 93.0 Å². The SMILES string of the molecule is CC(C)(C)c1nnnn1CC(=O)N1c2ccccc2NC(=O)CC1C(F)(F)F. The van der Waals surface area contributed by atoms with Crippen LogP contribution in [0, 0.1) is 0 Å². The van der Waals surface area contributed by atoms with Crippen LogP contribution in [0.25, 0.3) is 0 Å². The Balaban J connectivity index is 2.04. The Morgan fingerprint density at radius 1 is 1.25 bits per heavy atom. The van der Waals surface area contributed by atoms with Crippen molar-refractivity contribution < 1.29 is 22.8 Å². The number of tetrazole rings is 1. The molecule has 0 fully saturated rings. The lowest BCUT2D eigenvalue weighted by atomic mass is 9.96. The molecule has 1 aliphatic heterocycles. The van der Waals surface area contributed by atoms with Crippen LogP contribution in [-0.2, 0) is 21.5 Å². The second-order valence-electron chi connectivity index (χ2n) is 7.50. The number of nitrogens with zero attached hydrogens (tertiary/aromatic N) is 5. The molecule has 0 aliphatic carbocycles. The van der Waals surface area contributed by atoms with Gasteiger partial charge in [-0.1, -0.05) is 32.9 Å². The molecule has 0 spiro atoms. The lowest BCUT2D eigenvalue weighted by Crippen LogP contribution is -2.50. The molecule has 2 heterocycles. The van der Waals surface area contributed by atoms with E-state index in [2.05, 4.69) is 20.8 Å². The number of fused-ring (bicyclic) bond motifs is 1. The molecular weight excluding hydrogens is 377 g/mol. The summed E-state index contributed by atoms with van der Waals surface area (Å²) < 4.78 is 42.4. The van der Waals surface area contributed by atoms with E-state index < -0.39 is 42.4 Å². The fourth-order valence-electron chi connectivity index (χ4n) is 3.05. The van der Waals surface area contributed by atoms with Gasteiger partial charge in [0.1, 0.15) is 12.6 Å². The maximum Gasteiger partial charge on any atom is 0.409 e. The van der Waals surface area contributed by atoms with E-state index in [1.165, 1.54) is 22.9 Å². The first-order valence-electron chi connectivity index (χ1n) is 8.53. The highest BCUT2D eigenvalue weighted by molar-refractivity contribution is 6.04. The number of para-hydroxylation sites is 2. The molecule has 3 rings (SSSR count). The van der Waals surface area contributed by atoms with Crippen LogP contribution in [0.4, 0.5) is 24.5 Å². The van der Waals surface area contributed by atoms with Gasteiger partial charge in [-0.3, -0.25) is 14.5 Å². The number of nitrogens with one attached hydrogen (secondary N) is 1. The predicted molar refractivity (Wildman–Crippen MR) is 93.5 cm³/mol. The molecule has 11 heteroatoms. The molecule has 1 N–H and O–H groups in total. The zero-order valence-electron chi connectivity index (χ0n) is 15.5. The van der Waals surface area contributed by atoms with Crippen LogP contribution in [0.3, 0.4) is 0 Å². The van der Waals surface area contributed by atoms with Gasteiger partial charge in [-0.15, -0.1) is 5.10 Å². The smallest absolute Gasteiger partial charge is 0.324 e. The van der Waals surface area contributed by atoms with Gasteiger partial charge in [0.05, 0.1) is 17.8 Å². The van der Waals surface area contributed by atoms with Crippen molar-refractivity contribution in [1.82, 2.24) is 20.2 Å². The molecule has 1 aliphatic rings. The average Bonchev–Trinajstić information content (AvgIpc) is 2.96. The number of halogens is 3. The van der Waals surface area contributed by atoms with E-state index in [1.54, 1.807) is 6.07 Å². The number of hydrogen-bond acceptors (Lipinski definition) is 5. The quantitative estimate of drug-likeness (QED) is 0.841. The van der Waals surface area contributed by atoms with E-state index in [1.807, 2.05) is 20.8 Å².